The number of carboxylic acid groups (broad SMARTS) is 1. The number of nitrogens with zero attached hydrogens (tertiary/aromatic N) is 1. The van der Waals surface area contributed by atoms with E-state index < -0.39 is 11.9 Å². The van der Waals surface area contributed by atoms with Crippen molar-refractivity contribution in [3.8, 4) is 5.75 Å². The van der Waals surface area contributed by atoms with Crippen LogP contribution in [-0.4, -0.2) is 42.1 Å². The minimum Gasteiger partial charge on any atom is -0.496 e. The van der Waals surface area contributed by atoms with Crippen molar-refractivity contribution in [2.45, 2.75) is 6.42 Å². The Balaban J connectivity index is 2.19. The lowest BCUT2D eigenvalue weighted by Gasteiger charge is -2.17. The van der Waals surface area contributed by atoms with E-state index in [0.29, 0.717) is 29.3 Å². The summed E-state index contributed by atoms with van der Waals surface area (Å²) in [4.78, 5) is 24.7. The first-order valence-corrected chi connectivity index (χ1v) is 6.26. The van der Waals surface area contributed by atoms with Crippen molar-refractivity contribution in [3.63, 3.8) is 0 Å². The number of hydrogen-bond acceptors (Lipinski definition) is 3. The van der Waals surface area contributed by atoms with Crippen LogP contribution in [0.1, 0.15) is 16.8 Å². The number of aliphatic carboxylic acids is 1. The van der Waals surface area contributed by atoms with Crippen molar-refractivity contribution in [1.29, 1.82) is 0 Å². The zero-order chi connectivity index (χ0) is 14.0. The Morgan fingerprint density at radius 3 is 2.79 bits per heavy atom. The molecule has 1 saturated heterocycles. The van der Waals surface area contributed by atoms with E-state index >= 15 is 0 Å². The Bertz CT molecular complexity index is 517. The zero-order valence-electron chi connectivity index (χ0n) is 10.4. The van der Waals surface area contributed by atoms with Crippen LogP contribution in [0, 0.1) is 5.92 Å². The molecule has 1 heterocycles. The highest BCUT2D eigenvalue weighted by Gasteiger charge is 2.32. The second-order valence-electron chi connectivity index (χ2n) is 4.42. The molecule has 1 aromatic carbocycles. The first-order valence-electron chi connectivity index (χ1n) is 5.88. The fourth-order valence-corrected chi connectivity index (χ4v) is 2.32. The molecular formula is C13H14ClNO4. The van der Waals surface area contributed by atoms with Gasteiger partial charge in [-0.3, -0.25) is 9.59 Å². The topological polar surface area (TPSA) is 66.8 Å². The maximum atomic E-state index is 12.3. The van der Waals surface area contributed by atoms with Crippen LogP contribution >= 0.6 is 11.6 Å². The van der Waals surface area contributed by atoms with Gasteiger partial charge < -0.3 is 14.7 Å². The SMILES string of the molecule is COc1cc(Cl)ccc1C(=O)N1CC[C@H](C(=O)O)C1. The van der Waals surface area contributed by atoms with Crippen molar-refractivity contribution >= 4 is 23.5 Å². The van der Waals surface area contributed by atoms with Gasteiger partial charge in [0.25, 0.3) is 5.91 Å². The van der Waals surface area contributed by atoms with Crippen LogP contribution < -0.4 is 4.74 Å². The first kappa shape index (κ1) is 13.7. The van der Waals surface area contributed by atoms with Gasteiger partial charge in [0.15, 0.2) is 0 Å². The minimum atomic E-state index is -0.863. The lowest BCUT2D eigenvalue weighted by molar-refractivity contribution is -0.141. The Morgan fingerprint density at radius 2 is 2.21 bits per heavy atom. The van der Waals surface area contributed by atoms with E-state index in [1.165, 1.54) is 12.0 Å². The standard InChI is InChI=1S/C13H14ClNO4/c1-19-11-6-9(14)2-3-10(11)12(16)15-5-4-8(7-15)13(17)18/h2-3,6,8H,4-5,7H2,1H3,(H,17,18)/t8-/m0/s1. The summed E-state index contributed by atoms with van der Waals surface area (Å²) in [6.45, 7) is 0.682. The smallest absolute Gasteiger partial charge is 0.308 e. The normalized spacial score (nSPS) is 18.4. The van der Waals surface area contributed by atoms with Crippen molar-refractivity contribution < 1.29 is 19.4 Å². The van der Waals surface area contributed by atoms with E-state index in [0.717, 1.165) is 0 Å². The largest absolute Gasteiger partial charge is 0.496 e. The highest BCUT2D eigenvalue weighted by Crippen LogP contribution is 2.26. The third-order valence-electron chi connectivity index (χ3n) is 3.22. The summed E-state index contributed by atoms with van der Waals surface area (Å²) in [5.41, 5.74) is 0.401. The summed E-state index contributed by atoms with van der Waals surface area (Å²) >= 11 is 5.84. The highest BCUT2D eigenvalue weighted by molar-refractivity contribution is 6.30. The molecule has 1 amide bonds. The Morgan fingerprint density at radius 1 is 1.47 bits per heavy atom. The van der Waals surface area contributed by atoms with Crippen LogP contribution in [0.3, 0.4) is 0 Å². The molecule has 0 radical (unpaired) electrons. The van der Waals surface area contributed by atoms with E-state index in [1.54, 1.807) is 18.2 Å². The third-order valence-corrected chi connectivity index (χ3v) is 3.45. The summed E-state index contributed by atoms with van der Waals surface area (Å²) in [5.74, 6) is -1.17. The molecular weight excluding hydrogens is 270 g/mol. The number of likely N-dealkylation sites (tertiary alicyclic amines) is 1. The summed E-state index contributed by atoms with van der Waals surface area (Å²) in [6, 6.07) is 4.78. The number of carbonyl (C=O) groups is 2. The van der Waals surface area contributed by atoms with E-state index in [1.807, 2.05) is 0 Å². The molecule has 1 atom stereocenters. The number of benzene rings is 1. The van der Waals surface area contributed by atoms with Crippen LogP contribution in [0.4, 0.5) is 0 Å². The van der Waals surface area contributed by atoms with Gasteiger partial charge >= 0.3 is 5.97 Å². The number of halogens is 1. The molecule has 2 rings (SSSR count). The summed E-state index contributed by atoms with van der Waals surface area (Å²) < 4.78 is 5.13. The van der Waals surface area contributed by atoms with E-state index in [4.69, 9.17) is 21.4 Å². The Hall–Kier alpha value is -1.75. The van der Waals surface area contributed by atoms with Crippen LogP contribution in [0.5, 0.6) is 5.75 Å². The summed E-state index contributed by atoms with van der Waals surface area (Å²) in [6.07, 6.45) is 0.483. The van der Waals surface area contributed by atoms with Crippen molar-refractivity contribution in [2.24, 2.45) is 5.92 Å². The average molecular weight is 284 g/mol. The number of carboxylic acids is 1. The molecule has 102 valence electrons. The molecule has 19 heavy (non-hydrogen) atoms. The molecule has 5 nitrogen and oxygen atoms in total. The molecule has 6 heteroatoms. The van der Waals surface area contributed by atoms with E-state index in [2.05, 4.69) is 0 Å². The molecule has 0 aliphatic carbocycles. The highest BCUT2D eigenvalue weighted by atomic mass is 35.5. The molecule has 1 fully saturated rings. The molecule has 0 unspecified atom stereocenters. The maximum Gasteiger partial charge on any atom is 0.308 e. The number of ether oxygens (including phenoxy) is 1. The second-order valence-corrected chi connectivity index (χ2v) is 4.86. The molecule has 0 spiro atoms. The molecule has 1 aliphatic rings. The fourth-order valence-electron chi connectivity index (χ4n) is 2.16. The van der Waals surface area contributed by atoms with Gasteiger partial charge in [0.2, 0.25) is 0 Å². The van der Waals surface area contributed by atoms with Crippen molar-refractivity contribution in [3.05, 3.63) is 28.8 Å². The first-order chi connectivity index (χ1) is 9.02. The van der Waals surface area contributed by atoms with Gasteiger partial charge in [-0.2, -0.15) is 0 Å². The number of hydrogen-bond donors (Lipinski definition) is 1. The van der Waals surface area contributed by atoms with Crippen molar-refractivity contribution in [2.75, 3.05) is 20.2 Å². The monoisotopic (exact) mass is 283 g/mol. The average Bonchev–Trinajstić information content (AvgIpc) is 2.87. The van der Waals surface area contributed by atoms with Crippen LogP contribution in [0.25, 0.3) is 0 Å². The van der Waals surface area contributed by atoms with Crippen LogP contribution in [0.15, 0.2) is 18.2 Å². The molecule has 1 aromatic rings. The number of rotatable bonds is 3. The predicted molar refractivity (Wildman–Crippen MR) is 69.7 cm³/mol. The Kier molecular flexibility index (Phi) is 3.95. The van der Waals surface area contributed by atoms with Gasteiger partial charge in [-0.1, -0.05) is 11.6 Å². The third kappa shape index (κ3) is 2.81. The van der Waals surface area contributed by atoms with Gasteiger partial charge in [0.05, 0.1) is 18.6 Å². The van der Waals surface area contributed by atoms with Crippen LogP contribution in [-0.2, 0) is 4.79 Å². The van der Waals surface area contributed by atoms with Gasteiger partial charge in [0, 0.05) is 18.1 Å². The summed E-state index contributed by atoms with van der Waals surface area (Å²) in [7, 11) is 1.46. The van der Waals surface area contributed by atoms with Gasteiger partial charge in [-0.15, -0.1) is 0 Å². The molecule has 0 saturated carbocycles. The Labute approximate surface area is 115 Å². The lowest BCUT2D eigenvalue weighted by Crippen LogP contribution is -2.30. The number of carbonyl (C=O) groups excluding carboxylic acids is 1. The molecule has 0 aromatic heterocycles. The number of amides is 1. The minimum absolute atomic E-state index is 0.225. The van der Waals surface area contributed by atoms with Gasteiger partial charge in [-0.05, 0) is 24.6 Å². The summed E-state index contributed by atoms with van der Waals surface area (Å²) in [5, 5.41) is 9.42. The second kappa shape index (κ2) is 5.48. The maximum absolute atomic E-state index is 12.3. The van der Waals surface area contributed by atoms with E-state index in [-0.39, 0.29) is 12.5 Å². The fraction of sp³-hybridized carbons (Fsp3) is 0.385. The molecule has 1 aliphatic heterocycles. The van der Waals surface area contributed by atoms with Crippen molar-refractivity contribution in [1.82, 2.24) is 4.90 Å². The zero-order valence-corrected chi connectivity index (χ0v) is 11.2. The van der Waals surface area contributed by atoms with Gasteiger partial charge in [0.1, 0.15) is 5.75 Å². The lowest BCUT2D eigenvalue weighted by atomic mass is 10.1. The van der Waals surface area contributed by atoms with Crippen LogP contribution in [0.2, 0.25) is 5.02 Å². The quantitative estimate of drug-likeness (QED) is 0.920. The number of methoxy groups -OCH3 is 1. The predicted octanol–water partition coefficient (Wildman–Crippen LogP) is 1.90. The van der Waals surface area contributed by atoms with E-state index in [9.17, 15) is 9.59 Å². The molecule has 0 bridgehead atoms. The van der Waals surface area contributed by atoms with Gasteiger partial charge in [-0.25, -0.2) is 0 Å². The molecule has 1 N–H and O–H groups in total.